The molecule has 2 aromatic rings. The van der Waals surface area contributed by atoms with E-state index in [1.54, 1.807) is 0 Å². The quantitative estimate of drug-likeness (QED) is 0.0581. The second-order valence-corrected chi connectivity index (χ2v) is 11.2. The Morgan fingerprint density at radius 2 is 0.923 bits per heavy atom. The van der Waals surface area contributed by atoms with E-state index in [-0.39, 0.29) is 13.2 Å². The topological polar surface area (TPSA) is 139 Å². The summed E-state index contributed by atoms with van der Waals surface area (Å²) in [7, 11) is 1.21. The van der Waals surface area contributed by atoms with Crippen molar-refractivity contribution >= 4 is 17.6 Å². The average molecular weight is 738 g/mol. The van der Waals surface area contributed by atoms with Gasteiger partial charge in [-0.15, -0.1) is 0 Å². The Balaban J connectivity index is 1.25. The summed E-state index contributed by atoms with van der Waals surface area (Å²) in [5, 5.41) is 0. The van der Waals surface area contributed by atoms with Gasteiger partial charge < -0.3 is 57.0 Å². The third-order valence-electron chi connectivity index (χ3n) is 7.07. The average Bonchev–Trinajstić information content (AvgIpc) is 3.15. The molecule has 0 aromatic heterocycles. The number of anilines is 1. The van der Waals surface area contributed by atoms with Gasteiger partial charge in [0.1, 0.15) is 13.0 Å². The molecule has 0 radical (unpaired) electrons. The minimum absolute atomic E-state index is 0.0648. The third-order valence-corrected chi connectivity index (χ3v) is 7.07. The lowest BCUT2D eigenvalue weighted by Crippen LogP contribution is -2.27. The van der Waals surface area contributed by atoms with Gasteiger partial charge in [0.05, 0.1) is 126 Å². The zero-order valence-electron chi connectivity index (χ0n) is 31.0. The van der Waals surface area contributed by atoms with Crippen molar-refractivity contribution in [3.05, 3.63) is 65.7 Å². The Morgan fingerprint density at radius 3 is 1.35 bits per heavy atom. The molecule has 0 spiro atoms. The smallest absolute Gasteiger partial charge is 0.317 e. The van der Waals surface area contributed by atoms with Crippen molar-refractivity contribution in [1.82, 2.24) is 0 Å². The van der Waals surface area contributed by atoms with Crippen LogP contribution in [-0.2, 0) is 68.2 Å². The number of carbonyl (C=O) groups is 2. The molecule has 0 N–H and O–H groups in total. The third kappa shape index (κ3) is 25.7. The molecular formula is C38H59NO13. The Kier molecular flexibility index (Phi) is 28.1. The Hall–Kier alpha value is -3.18. The van der Waals surface area contributed by atoms with Crippen molar-refractivity contribution in [3.63, 3.8) is 0 Å². The molecule has 2 aromatic carbocycles. The number of carbonyl (C=O) groups excluding carboxylic acids is 2. The fourth-order valence-electron chi connectivity index (χ4n) is 4.42. The molecule has 294 valence electrons. The normalized spacial score (nSPS) is 11.1. The first kappa shape index (κ1) is 45.0. The maximum atomic E-state index is 11.3. The van der Waals surface area contributed by atoms with Crippen LogP contribution in [0.3, 0.4) is 0 Å². The van der Waals surface area contributed by atoms with E-state index in [0.29, 0.717) is 112 Å². The monoisotopic (exact) mass is 737 g/mol. The number of rotatable bonds is 35. The molecule has 0 aliphatic heterocycles. The zero-order valence-corrected chi connectivity index (χ0v) is 31.0. The highest BCUT2D eigenvalue weighted by molar-refractivity contribution is 5.91. The van der Waals surface area contributed by atoms with E-state index < -0.39 is 18.4 Å². The van der Waals surface area contributed by atoms with Gasteiger partial charge in [0.25, 0.3) is 0 Å². The van der Waals surface area contributed by atoms with Crippen LogP contribution in [0.5, 0.6) is 0 Å². The number of methoxy groups -OCH3 is 1. The highest BCUT2D eigenvalue weighted by atomic mass is 16.6. The highest BCUT2D eigenvalue weighted by Gasteiger charge is 2.10. The number of hydrogen-bond acceptors (Lipinski definition) is 14. The summed E-state index contributed by atoms with van der Waals surface area (Å²) in [5.41, 5.74) is 3.70. The number of nitrogens with zero attached hydrogens (tertiary/aromatic N) is 1. The number of benzene rings is 2. The van der Waals surface area contributed by atoms with Crippen molar-refractivity contribution < 1.29 is 61.7 Å². The van der Waals surface area contributed by atoms with Crippen LogP contribution < -0.4 is 4.90 Å². The van der Waals surface area contributed by atoms with Crippen LogP contribution in [0.1, 0.15) is 17.5 Å². The van der Waals surface area contributed by atoms with E-state index in [2.05, 4.69) is 65.1 Å². The predicted octanol–water partition coefficient (Wildman–Crippen LogP) is 3.26. The van der Waals surface area contributed by atoms with E-state index in [4.69, 9.17) is 47.4 Å². The van der Waals surface area contributed by atoms with Crippen LogP contribution in [-0.4, -0.2) is 151 Å². The number of ether oxygens (including phenoxy) is 11. The first-order valence-corrected chi connectivity index (χ1v) is 17.9. The minimum Gasteiger partial charge on any atom is -0.469 e. The summed E-state index contributed by atoms with van der Waals surface area (Å²) in [6.07, 6.45) is -0.408. The first-order valence-electron chi connectivity index (χ1n) is 17.9. The lowest BCUT2D eigenvalue weighted by Gasteiger charge is -2.25. The van der Waals surface area contributed by atoms with Crippen LogP contribution in [0.15, 0.2) is 54.6 Å². The largest absolute Gasteiger partial charge is 0.469 e. The molecule has 0 bridgehead atoms. The van der Waals surface area contributed by atoms with Gasteiger partial charge in [0.15, 0.2) is 0 Å². The molecule has 0 saturated carbocycles. The van der Waals surface area contributed by atoms with Crippen LogP contribution in [0.25, 0.3) is 0 Å². The predicted molar refractivity (Wildman–Crippen MR) is 194 cm³/mol. The van der Waals surface area contributed by atoms with Crippen LogP contribution in [0.4, 0.5) is 5.69 Å². The van der Waals surface area contributed by atoms with E-state index in [9.17, 15) is 9.59 Å². The standard InChI is InChI=1S/C38H59NO13/c1-34-7-6-10-36(31-34)39(33-35-8-4-3-5-9-35)11-12-43-13-14-44-15-16-45-17-18-46-19-20-47-21-22-48-23-24-49-25-26-50-27-28-51-29-30-52-38(41)32-37(40)42-2/h3-10,31H,11-30,32-33H2,1-2H3. The fraction of sp³-hybridized carbons (Fsp3) is 0.632. The molecule has 0 fully saturated rings. The van der Waals surface area contributed by atoms with E-state index in [0.717, 1.165) is 13.1 Å². The Bertz CT molecular complexity index is 1140. The molecule has 0 atom stereocenters. The van der Waals surface area contributed by atoms with Gasteiger partial charge in [-0.05, 0) is 30.2 Å². The van der Waals surface area contributed by atoms with Crippen molar-refractivity contribution in [2.75, 3.05) is 144 Å². The molecule has 0 amide bonds. The van der Waals surface area contributed by atoms with Crippen LogP contribution >= 0.6 is 0 Å². The molecular weight excluding hydrogens is 678 g/mol. The highest BCUT2D eigenvalue weighted by Crippen LogP contribution is 2.18. The van der Waals surface area contributed by atoms with E-state index in [1.165, 1.54) is 23.9 Å². The van der Waals surface area contributed by atoms with E-state index >= 15 is 0 Å². The molecule has 14 nitrogen and oxygen atoms in total. The Morgan fingerprint density at radius 1 is 0.500 bits per heavy atom. The maximum Gasteiger partial charge on any atom is 0.317 e. The second-order valence-electron chi connectivity index (χ2n) is 11.2. The van der Waals surface area contributed by atoms with Gasteiger partial charge in [-0.3, -0.25) is 9.59 Å². The van der Waals surface area contributed by atoms with Gasteiger partial charge in [0.2, 0.25) is 0 Å². The SMILES string of the molecule is COC(=O)CC(=O)OCCOCCOCCOCCOCCOCCOCCOCCOCCOCCN(Cc1ccccc1)c1cccc(C)c1. The van der Waals surface area contributed by atoms with Gasteiger partial charge in [-0.1, -0.05) is 42.5 Å². The van der Waals surface area contributed by atoms with Crippen LogP contribution in [0, 0.1) is 6.92 Å². The number of aryl methyl sites for hydroxylation is 1. The van der Waals surface area contributed by atoms with Crippen molar-refractivity contribution in [2.45, 2.75) is 19.9 Å². The number of hydrogen-bond donors (Lipinski definition) is 0. The summed E-state index contributed by atoms with van der Waals surface area (Å²) >= 11 is 0. The summed E-state index contributed by atoms with van der Waals surface area (Å²) in [4.78, 5) is 24.5. The first-order chi connectivity index (χ1) is 25.6. The van der Waals surface area contributed by atoms with Crippen molar-refractivity contribution in [2.24, 2.45) is 0 Å². The van der Waals surface area contributed by atoms with Crippen molar-refractivity contribution in [3.8, 4) is 0 Å². The molecule has 0 saturated heterocycles. The number of esters is 2. The summed E-state index contributed by atoms with van der Waals surface area (Å²) < 4.78 is 58.8. The second kappa shape index (κ2) is 32.5. The summed E-state index contributed by atoms with van der Waals surface area (Å²) in [5.74, 6) is -1.28. The fourth-order valence-corrected chi connectivity index (χ4v) is 4.42. The maximum absolute atomic E-state index is 11.3. The lowest BCUT2D eigenvalue weighted by molar-refractivity contribution is -0.154. The van der Waals surface area contributed by atoms with Crippen LogP contribution in [0.2, 0.25) is 0 Å². The van der Waals surface area contributed by atoms with Gasteiger partial charge in [-0.2, -0.15) is 0 Å². The van der Waals surface area contributed by atoms with Gasteiger partial charge in [0, 0.05) is 18.8 Å². The zero-order chi connectivity index (χ0) is 37.2. The molecule has 0 heterocycles. The van der Waals surface area contributed by atoms with Gasteiger partial charge >= 0.3 is 11.9 Å². The summed E-state index contributed by atoms with van der Waals surface area (Å²) in [6, 6.07) is 19.0. The van der Waals surface area contributed by atoms with Crippen molar-refractivity contribution in [1.29, 1.82) is 0 Å². The molecule has 14 heteroatoms. The lowest BCUT2D eigenvalue weighted by atomic mass is 10.1. The molecule has 0 aliphatic carbocycles. The minimum atomic E-state index is -0.646. The Labute approximate surface area is 308 Å². The molecule has 0 aliphatic rings. The van der Waals surface area contributed by atoms with Gasteiger partial charge in [-0.25, -0.2) is 0 Å². The molecule has 0 unspecified atom stereocenters. The molecule has 2 rings (SSSR count). The molecule has 52 heavy (non-hydrogen) atoms. The van der Waals surface area contributed by atoms with E-state index in [1.807, 2.05) is 6.07 Å². The summed E-state index contributed by atoms with van der Waals surface area (Å²) in [6.45, 7) is 12.2.